The molecular formula is C28H50O17. The van der Waals surface area contributed by atoms with Crippen LogP contribution in [0, 0.1) is 0 Å². The van der Waals surface area contributed by atoms with Crippen LogP contribution in [0.25, 0.3) is 0 Å². The van der Waals surface area contributed by atoms with E-state index in [9.17, 15) is 50.8 Å². The van der Waals surface area contributed by atoms with Crippen molar-refractivity contribution in [2.45, 2.75) is 137 Å². The Kier molecular flexibility index (Phi) is 16.2. The standard InChI is InChI=1S/C28H50O17/c1-39-19(34)8-6-4-2-3-5-7-9-40-27-22(37)21(36)24(18(13-31)43-27)44-28-23(38)25(20(35)17(12-30)42-28)45-26-15(33)10-14(32)16(11-29)41-26/h14-18,20-33,35-38H,2-13H2,1H3/t14-,15-,16-,17-,18-,20+,21-,22-,23-,24-,25+,26-,27-,28+/m1/s1. The number of rotatable bonds is 17. The quantitative estimate of drug-likeness (QED) is 0.0539. The van der Waals surface area contributed by atoms with Crippen LogP contribution in [0.5, 0.6) is 0 Å². The minimum Gasteiger partial charge on any atom is -0.469 e. The molecule has 9 N–H and O–H groups in total. The first-order valence-corrected chi connectivity index (χ1v) is 15.4. The van der Waals surface area contributed by atoms with Crippen molar-refractivity contribution in [3.63, 3.8) is 0 Å². The summed E-state index contributed by atoms with van der Waals surface area (Å²) in [6.07, 6.45) is -15.5. The van der Waals surface area contributed by atoms with Crippen molar-refractivity contribution < 1.29 is 83.9 Å². The highest BCUT2D eigenvalue weighted by Crippen LogP contribution is 2.32. The van der Waals surface area contributed by atoms with Crippen LogP contribution in [0.15, 0.2) is 0 Å². The summed E-state index contributed by atoms with van der Waals surface area (Å²) in [7, 11) is 1.36. The van der Waals surface area contributed by atoms with Crippen LogP contribution in [0.2, 0.25) is 0 Å². The number of hydrogen-bond acceptors (Lipinski definition) is 17. The molecule has 3 saturated heterocycles. The molecular weight excluding hydrogens is 608 g/mol. The van der Waals surface area contributed by atoms with Crippen LogP contribution >= 0.6 is 0 Å². The molecule has 3 fully saturated rings. The molecule has 0 amide bonds. The van der Waals surface area contributed by atoms with Crippen LogP contribution in [0.3, 0.4) is 0 Å². The molecule has 17 nitrogen and oxygen atoms in total. The van der Waals surface area contributed by atoms with E-state index in [4.69, 9.17) is 28.4 Å². The number of unbranched alkanes of at least 4 members (excludes halogenated alkanes) is 5. The largest absolute Gasteiger partial charge is 0.469 e. The highest BCUT2D eigenvalue weighted by Gasteiger charge is 2.52. The van der Waals surface area contributed by atoms with Gasteiger partial charge in [-0.3, -0.25) is 4.79 Å². The van der Waals surface area contributed by atoms with E-state index in [1.807, 2.05) is 0 Å². The summed E-state index contributed by atoms with van der Waals surface area (Å²) in [6, 6.07) is 0. The number of methoxy groups -OCH3 is 1. The second-order valence-corrected chi connectivity index (χ2v) is 11.5. The first-order chi connectivity index (χ1) is 21.6. The monoisotopic (exact) mass is 658 g/mol. The molecule has 3 aliphatic heterocycles. The van der Waals surface area contributed by atoms with Gasteiger partial charge in [-0.15, -0.1) is 0 Å². The van der Waals surface area contributed by atoms with Crippen molar-refractivity contribution in [1.29, 1.82) is 0 Å². The fraction of sp³-hybridized carbons (Fsp3) is 0.964. The summed E-state index contributed by atoms with van der Waals surface area (Å²) in [4.78, 5) is 11.1. The molecule has 0 radical (unpaired) electrons. The molecule has 0 bridgehead atoms. The Morgan fingerprint density at radius 1 is 0.622 bits per heavy atom. The average molecular weight is 659 g/mol. The number of hydrogen-bond donors (Lipinski definition) is 9. The van der Waals surface area contributed by atoms with Crippen molar-refractivity contribution in [3.05, 3.63) is 0 Å². The minimum absolute atomic E-state index is 0.197. The molecule has 0 aromatic carbocycles. The summed E-state index contributed by atoms with van der Waals surface area (Å²) in [5, 5.41) is 92.7. The Hall–Kier alpha value is -1.13. The maximum atomic E-state index is 11.1. The molecule has 3 rings (SSSR count). The van der Waals surface area contributed by atoms with Crippen LogP contribution in [-0.4, -0.2) is 171 Å². The van der Waals surface area contributed by atoms with Crippen molar-refractivity contribution in [2.75, 3.05) is 33.5 Å². The molecule has 0 aliphatic carbocycles. The van der Waals surface area contributed by atoms with E-state index in [-0.39, 0.29) is 19.0 Å². The van der Waals surface area contributed by atoms with Gasteiger partial charge in [-0.25, -0.2) is 0 Å². The molecule has 0 aromatic rings. The smallest absolute Gasteiger partial charge is 0.305 e. The van der Waals surface area contributed by atoms with E-state index in [1.165, 1.54) is 7.11 Å². The summed E-state index contributed by atoms with van der Waals surface area (Å²) < 4.78 is 38.1. The topological polar surface area (TPSA) is 264 Å². The maximum Gasteiger partial charge on any atom is 0.305 e. The molecule has 264 valence electrons. The van der Waals surface area contributed by atoms with Gasteiger partial charge in [0.25, 0.3) is 0 Å². The highest BCUT2D eigenvalue weighted by atomic mass is 16.8. The van der Waals surface area contributed by atoms with Crippen molar-refractivity contribution in [1.82, 2.24) is 0 Å². The Morgan fingerprint density at radius 2 is 1.20 bits per heavy atom. The Morgan fingerprint density at radius 3 is 1.84 bits per heavy atom. The second kappa shape index (κ2) is 19.0. The number of esters is 1. The fourth-order valence-electron chi connectivity index (χ4n) is 5.53. The lowest BCUT2D eigenvalue weighted by Crippen LogP contribution is -2.66. The molecule has 17 heteroatoms. The second-order valence-electron chi connectivity index (χ2n) is 11.5. The minimum atomic E-state index is -1.81. The zero-order valence-corrected chi connectivity index (χ0v) is 25.4. The van der Waals surface area contributed by atoms with Gasteiger partial charge in [-0.1, -0.05) is 25.7 Å². The summed E-state index contributed by atoms with van der Waals surface area (Å²) >= 11 is 0. The van der Waals surface area contributed by atoms with Gasteiger partial charge in [0.05, 0.1) is 33.0 Å². The third-order valence-electron chi connectivity index (χ3n) is 8.23. The van der Waals surface area contributed by atoms with Crippen LogP contribution in [-0.2, 0) is 38.0 Å². The highest BCUT2D eigenvalue weighted by molar-refractivity contribution is 5.68. The first kappa shape index (κ1) is 38.3. The van der Waals surface area contributed by atoms with Crippen molar-refractivity contribution in [2.24, 2.45) is 0 Å². The molecule has 45 heavy (non-hydrogen) atoms. The van der Waals surface area contributed by atoms with E-state index in [2.05, 4.69) is 4.74 Å². The maximum absolute atomic E-state index is 11.1. The van der Waals surface area contributed by atoms with Crippen LogP contribution < -0.4 is 0 Å². The van der Waals surface area contributed by atoms with E-state index >= 15 is 0 Å². The third-order valence-corrected chi connectivity index (χ3v) is 8.23. The van der Waals surface area contributed by atoms with Crippen molar-refractivity contribution in [3.8, 4) is 0 Å². The van der Waals surface area contributed by atoms with Gasteiger partial charge in [0.2, 0.25) is 0 Å². The zero-order valence-electron chi connectivity index (χ0n) is 25.4. The lowest BCUT2D eigenvalue weighted by atomic mass is 9.96. The summed E-state index contributed by atoms with van der Waals surface area (Å²) in [5.41, 5.74) is 0. The Labute approximate surface area is 261 Å². The van der Waals surface area contributed by atoms with E-state index in [1.54, 1.807) is 0 Å². The molecule has 0 spiro atoms. The summed E-state index contributed by atoms with van der Waals surface area (Å²) in [5.74, 6) is -0.232. The lowest BCUT2D eigenvalue weighted by Gasteiger charge is -2.47. The zero-order chi connectivity index (χ0) is 33.1. The number of ether oxygens (including phenoxy) is 7. The van der Waals surface area contributed by atoms with Gasteiger partial charge in [0, 0.05) is 19.4 Å². The molecule has 3 aliphatic rings. The van der Waals surface area contributed by atoms with Gasteiger partial charge >= 0.3 is 5.97 Å². The van der Waals surface area contributed by atoms with Gasteiger partial charge in [0.1, 0.15) is 61.0 Å². The molecule has 0 saturated carbocycles. The normalized spacial score (nSPS) is 40.8. The molecule has 14 atom stereocenters. The first-order valence-electron chi connectivity index (χ1n) is 15.4. The average Bonchev–Trinajstić information content (AvgIpc) is 3.03. The molecule has 0 unspecified atom stereocenters. The van der Waals surface area contributed by atoms with Crippen molar-refractivity contribution >= 4 is 5.97 Å². The van der Waals surface area contributed by atoms with Gasteiger partial charge in [-0.2, -0.15) is 0 Å². The number of carbonyl (C=O) groups is 1. The third kappa shape index (κ3) is 10.4. The molecule has 0 aromatic heterocycles. The lowest BCUT2D eigenvalue weighted by molar-refractivity contribution is -0.376. The Balaban J connectivity index is 1.53. The van der Waals surface area contributed by atoms with Gasteiger partial charge in [0.15, 0.2) is 18.9 Å². The number of carbonyl (C=O) groups excluding carboxylic acids is 1. The van der Waals surface area contributed by atoms with Crippen LogP contribution in [0.4, 0.5) is 0 Å². The van der Waals surface area contributed by atoms with E-state index in [0.717, 1.165) is 32.1 Å². The van der Waals surface area contributed by atoms with E-state index < -0.39 is 106 Å². The summed E-state index contributed by atoms with van der Waals surface area (Å²) in [6.45, 7) is -1.82. The van der Waals surface area contributed by atoms with Crippen LogP contribution in [0.1, 0.15) is 51.4 Å². The van der Waals surface area contributed by atoms with Gasteiger partial charge < -0.3 is 79.1 Å². The predicted molar refractivity (Wildman–Crippen MR) is 148 cm³/mol. The fourth-order valence-corrected chi connectivity index (χ4v) is 5.53. The number of aliphatic hydroxyl groups is 9. The van der Waals surface area contributed by atoms with E-state index in [0.29, 0.717) is 12.8 Å². The number of aliphatic hydroxyl groups excluding tert-OH is 9. The Bertz CT molecular complexity index is 850. The molecule has 3 heterocycles. The van der Waals surface area contributed by atoms with Gasteiger partial charge in [-0.05, 0) is 12.8 Å². The SMILES string of the molecule is COC(=O)CCCCCCCCO[C@@H]1O[C@H](CO)[C@@H](O[C@@H]2O[C@H](CO)[C@H](O)[C@H](O[C@H]3O[C@H](CO)[C@H](O)C[C@H]3O)[C@H]2O)[C@H](O)[C@H]1O. The predicted octanol–water partition coefficient (Wildman–Crippen LogP) is -3.62.